The van der Waals surface area contributed by atoms with Crippen molar-refractivity contribution in [1.29, 1.82) is 0 Å². The molecular formula is C21H37N5. The lowest BCUT2D eigenvalue weighted by Gasteiger charge is -2.26. The number of hydrogen-bond acceptors (Lipinski definition) is 3. The van der Waals surface area contributed by atoms with Crippen LogP contribution < -0.4 is 10.6 Å². The summed E-state index contributed by atoms with van der Waals surface area (Å²) in [6.07, 6.45) is 4.09. The van der Waals surface area contributed by atoms with Crippen LogP contribution in [0.25, 0.3) is 0 Å². The van der Waals surface area contributed by atoms with Gasteiger partial charge in [-0.2, -0.15) is 0 Å². The van der Waals surface area contributed by atoms with E-state index >= 15 is 0 Å². The number of nitrogens with zero attached hydrogens (tertiary/aromatic N) is 3. The summed E-state index contributed by atoms with van der Waals surface area (Å²) in [4.78, 5) is 9.57. The third-order valence-electron chi connectivity index (χ3n) is 4.97. The van der Waals surface area contributed by atoms with Gasteiger partial charge in [-0.1, -0.05) is 37.6 Å². The Bertz CT molecular complexity index is 520. The van der Waals surface area contributed by atoms with Crippen LogP contribution in [0.2, 0.25) is 0 Å². The molecule has 0 amide bonds. The number of guanidine groups is 1. The van der Waals surface area contributed by atoms with Crippen LogP contribution in [0, 0.1) is 0 Å². The quantitative estimate of drug-likeness (QED) is 0.525. The summed E-state index contributed by atoms with van der Waals surface area (Å²) < 4.78 is 0. The maximum Gasteiger partial charge on any atom is 0.191 e. The van der Waals surface area contributed by atoms with E-state index in [4.69, 9.17) is 4.99 Å². The average Bonchev–Trinajstić information content (AvgIpc) is 2.68. The zero-order chi connectivity index (χ0) is 18.6. The SMILES string of the molecule is CCNC(=NCc1ccc(CN2CCCCC2)cc1)NCCN(C)CC. The molecular weight excluding hydrogens is 322 g/mol. The molecule has 0 aromatic heterocycles. The topological polar surface area (TPSA) is 42.9 Å². The summed E-state index contributed by atoms with van der Waals surface area (Å²) in [5.41, 5.74) is 2.67. The monoisotopic (exact) mass is 359 g/mol. The number of rotatable bonds is 9. The summed E-state index contributed by atoms with van der Waals surface area (Å²) in [7, 11) is 2.14. The molecule has 1 aliphatic rings. The van der Waals surface area contributed by atoms with Crippen molar-refractivity contribution in [3.63, 3.8) is 0 Å². The molecule has 5 heteroatoms. The maximum atomic E-state index is 4.72. The third kappa shape index (κ3) is 7.75. The van der Waals surface area contributed by atoms with Gasteiger partial charge in [0.05, 0.1) is 6.54 Å². The number of likely N-dealkylation sites (tertiary alicyclic amines) is 1. The van der Waals surface area contributed by atoms with Gasteiger partial charge in [-0.3, -0.25) is 4.90 Å². The van der Waals surface area contributed by atoms with E-state index in [2.05, 4.69) is 65.6 Å². The van der Waals surface area contributed by atoms with Crippen molar-refractivity contribution in [3.8, 4) is 0 Å². The Balaban J connectivity index is 1.81. The zero-order valence-electron chi connectivity index (χ0n) is 16.9. The van der Waals surface area contributed by atoms with Crippen molar-refractivity contribution < 1.29 is 0 Å². The Morgan fingerprint density at radius 2 is 1.73 bits per heavy atom. The van der Waals surface area contributed by atoms with Gasteiger partial charge in [-0.15, -0.1) is 0 Å². The van der Waals surface area contributed by atoms with E-state index < -0.39 is 0 Å². The molecule has 1 heterocycles. The second-order valence-electron chi connectivity index (χ2n) is 7.17. The summed E-state index contributed by atoms with van der Waals surface area (Å²) in [5, 5.41) is 6.74. The van der Waals surface area contributed by atoms with Gasteiger partial charge in [0.15, 0.2) is 5.96 Å². The molecule has 1 aromatic carbocycles. The van der Waals surface area contributed by atoms with Gasteiger partial charge in [0.25, 0.3) is 0 Å². The summed E-state index contributed by atoms with van der Waals surface area (Å²) in [6.45, 7) is 12.4. The molecule has 5 nitrogen and oxygen atoms in total. The minimum Gasteiger partial charge on any atom is -0.357 e. The van der Waals surface area contributed by atoms with Crippen LogP contribution in [0.3, 0.4) is 0 Å². The van der Waals surface area contributed by atoms with Crippen molar-refractivity contribution in [1.82, 2.24) is 20.4 Å². The number of benzene rings is 1. The fourth-order valence-electron chi connectivity index (χ4n) is 3.16. The Labute approximate surface area is 159 Å². The number of nitrogens with one attached hydrogen (secondary N) is 2. The normalized spacial score (nSPS) is 16.1. The fraction of sp³-hybridized carbons (Fsp3) is 0.667. The van der Waals surface area contributed by atoms with Crippen molar-refractivity contribution in [2.45, 2.75) is 46.2 Å². The highest BCUT2D eigenvalue weighted by molar-refractivity contribution is 5.79. The van der Waals surface area contributed by atoms with E-state index in [0.717, 1.165) is 38.7 Å². The first kappa shape index (κ1) is 20.7. The number of hydrogen-bond donors (Lipinski definition) is 2. The molecule has 0 unspecified atom stereocenters. The highest BCUT2D eigenvalue weighted by Crippen LogP contribution is 2.13. The second-order valence-corrected chi connectivity index (χ2v) is 7.17. The van der Waals surface area contributed by atoms with Crippen molar-refractivity contribution in [3.05, 3.63) is 35.4 Å². The van der Waals surface area contributed by atoms with E-state index in [1.807, 2.05) is 0 Å². The van der Waals surface area contributed by atoms with Gasteiger partial charge in [0.1, 0.15) is 0 Å². The molecule has 0 spiro atoms. The molecule has 1 aliphatic heterocycles. The van der Waals surface area contributed by atoms with Crippen LogP contribution in [0.15, 0.2) is 29.3 Å². The first-order valence-electron chi connectivity index (χ1n) is 10.2. The predicted octanol–water partition coefficient (Wildman–Crippen LogP) is 2.68. The minimum absolute atomic E-state index is 0.711. The standard InChI is InChI=1S/C21H37N5/c1-4-22-21(23-13-16-25(3)5-2)24-17-19-9-11-20(12-10-19)18-26-14-7-6-8-15-26/h9-12H,4-8,13-18H2,1-3H3,(H2,22,23,24). The molecule has 26 heavy (non-hydrogen) atoms. The van der Waals surface area contributed by atoms with Crippen LogP contribution in [0.5, 0.6) is 0 Å². The Hall–Kier alpha value is -1.59. The lowest BCUT2D eigenvalue weighted by molar-refractivity contribution is 0.221. The first-order chi connectivity index (χ1) is 12.7. The maximum absolute atomic E-state index is 4.72. The molecule has 146 valence electrons. The van der Waals surface area contributed by atoms with Crippen LogP contribution in [-0.2, 0) is 13.1 Å². The van der Waals surface area contributed by atoms with Crippen molar-refractivity contribution in [2.24, 2.45) is 4.99 Å². The van der Waals surface area contributed by atoms with E-state index in [-0.39, 0.29) is 0 Å². The van der Waals surface area contributed by atoms with Gasteiger partial charge in [-0.25, -0.2) is 4.99 Å². The Morgan fingerprint density at radius 3 is 2.38 bits per heavy atom. The first-order valence-corrected chi connectivity index (χ1v) is 10.2. The number of aliphatic imine (C=N–C) groups is 1. The fourth-order valence-corrected chi connectivity index (χ4v) is 3.16. The van der Waals surface area contributed by atoms with E-state index in [1.165, 1.54) is 43.5 Å². The molecule has 0 atom stereocenters. The van der Waals surface area contributed by atoms with Crippen LogP contribution in [0.4, 0.5) is 0 Å². The summed E-state index contributed by atoms with van der Waals surface area (Å²) in [6, 6.07) is 8.96. The van der Waals surface area contributed by atoms with Gasteiger partial charge in [0, 0.05) is 26.2 Å². The summed E-state index contributed by atoms with van der Waals surface area (Å²) >= 11 is 0. The molecule has 2 rings (SSSR count). The van der Waals surface area contributed by atoms with E-state index in [1.54, 1.807) is 0 Å². The van der Waals surface area contributed by atoms with Gasteiger partial charge in [0.2, 0.25) is 0 Å². The van der Waals surface area contributed by atoms with E-state index in [9.17, 15) is 0 Å². The molecule has 0 radical (unpaired) electrons. The average molecular weight is 360 g/mol. The Morgan fingerprint density at radius 1 is 1.04 bits per heavy atom. The Kier molecular flexibility index (Phi) is 9.50. The van der Waals surface area contributed by atoms with E-state index in [0.29, 0.717) is 6.54 Å². The lowest BCUT2D eigenvalue weighted by atomic mass is 10.1. The van der Waals surface area contributed by atoms with Crippen molar-refractivity contribution in [2.75, 3.05) is 46.3 Å². The van der Waals surface area contributed by atoms with Crippen LogP contribution in [0.1, 0.15) is 44.2 Å². The van der Waals surface area contributed by atoms with Crippen LogP contribution >= 0.6 is 0 Å². The minimum atomic E-state index is 0.711. The highest BCUT2D eigenvalue weighted by atomic mass is 15.2. The zero-order valence-corrected chi connectivity index (χ0v) is 16.9. The lowest BCUT2D eigenvalue weighted by Crippen LogP contribution is -2.40. The predicted molar refractivity (Wildman–Crippen MR) is 112 cm³/mol. The van der Waals surface area contributed by atoms with Gasteiger partial charge in [-0.05, 0) is 57.6 Å². The number of piperidine rings is 1. The smallest absolute Gasteiger partial charge is 0.191 e. The molecule has 1 saturated heterocycles. The molecule has 2 N–H and O–H groups in total. The van der Waals surface area contributed by atoms with Gasteiger partial charge >= 0.3 is 0 Å². The third-order valence-corrected chi connectivity index (χ3v) is 4.97. The molecule has 0 aliphatic carbocycles. The van der Waals surface area contributed by atoms with Crippen molar-refractivity contribution >= 4 is 5.96 Å². The molecule has 0 saturated carbocycles. The van der Waals surface area contributed by atoms with Gasteiger partial charge < -0.3 is 15.5 Å². The molecule has 1 aromatic rings. The highest BCUT2D eigenvalue weighted by Gasteiger charge is 2.10. The number of likely N-dealkylation sites (N-methyl/N-ethyl adjacent to an activating group) is 1. The largest absolute Gasteiger partial charge is 0.357 e. The molecule has 1 fully saturated rings. The second kappa shape index (κ2) is 11.9. The summed E-state index contributed by atoms with van der Waals surface area (Å²) in [5.74, 6) is 0.898. The molecule has 0 bridgehead atoms. The van der Waals surface area contributed by atoms with Crippen LogP contribution in [-0.4, -0.2) is 62.1 Å².